The highest BCUT2D eigenvalue weighted by molar-refractivity contribution is 5.99. The number of hydrogen-bond donors (Lipinski definition) is 0. The molecule has 1 saturated heterocycles. The van der Waals surface area contributed by atoms with Crippen molar-refractivity contribution in [3.63, 3.8) is 0 Å². The van der Waals surface area contributed by atoms with Crippen LogP contribution in [0.1, 0.15) is 57.0 Å². The van der Waals surface area contributed by atoms with Gasteiger partial charge >= 0.3 is 5.97 Å². The number of nitriles is 1. The Morgan fingerprint density at radius 3 is 2.72 bits per heavy atom. The molecule has 1 amide bonds. The monoisotopic (exact) mass is 399 g/mol. The molecule has 6 heteroatoms. The summed E-state index contributed by atoms with van der Waals surface area (Å²) in [6.45, 7) is 12.5. The molecular weight excluding hydrogens is 366 g/mol. The molecule has 1 aliphatic heterocycles. The number of carbonyl (C=O) groups is 2. The number of ether oxygens (including phenoxy) is 1. The second kappa shape index (κ2) is 10.3. The minimum atomic E-state index is -0.752. The van der Waals surface area contributed by atoms with Gasteiger partial charge in [0.15, 0.2) is 6.61 Å². The van der Waals surface area contributed by atoms with Crippen molar-refractivity contribution in [3.05, 3.63) is 28.6 Å². The molecule has 158 valence electrons. The van der Waals surface area contributed by atoms with Gasteiger partial charge in [0.2, 0.25) is 0 Å². The molecule has 0 radical (unpaired) electrons. The fraction of sp³-hybridized carbons (Fsp3) is 0.609. The molecule has 0 aromatic carbocycles. The predicted octanol–water partition coefficient (Wildman–Crippen LogP) is 3.86. The first-order chi connectivity index (χ1) is 13.7. The average molecular weight is 400 g/mol. The first-order valence-electron chi connectivity index (χ1n) is 10.5. The summed E-state index contributed by atoms with van der Waals surface area (Å²) in [5, 5.41) is 9.43. The Hall–Kier alpha value is -2.55. The van der Waals surface area contributed by atoms with Crippen molar-refractivity contribution in [1.82, 2.24) is 9.47 Å². The fourth-order valence-corrected chi connectivity index (χ4v) is 3.71. The van der Waals surface area contributed by atoms with Gasteiger partial charge in [0.05, 0.1) is 0 Å². The lowest BCUT2D eigenvalue weighted by molar-refractivity contribution is -0.149. The average Bonchev–Trinajstić information content (AvgIpc) is 2.94. The van der Waals surface area contributed by atoms with Crippen LogP contribution < -0.4 is 0 Å². The van der Waals surface area contributed by atoms with Crippen LogP contribution in [0.2, 0.25) is 0 Å². The van der Waals surface area contributed by atoms with Crippen LogP contribution in [-0.2, 0) is 20.9 Å². The number of hydrogen-bond acceptors (Lipinski definition) is 4. The zero-order valence-electron chi connectivity index (χ0n) is 18.3. The van der Waals surface area contributed by atoms with Gasteiger partial charge in [-0.3, -0.25) is 4.79 Å². The highest BCUT2D eigenvalue weighted by Crippen LogP contribution is 2.20. The van der Waals surface area contributed by atoms with E-state index in [0.29, 0.717) is 24.9 Å². The van der Waals surface area contributed by atoms with E-state index < -0.39 is 5.97 Å². The van der Waals surface area contributed by atoms with Crippen LogP contribution in [0.4, 0.5) is 0 Å². The van der Waals surface area contributed by atoms with E-state index in [1.54, 1.807) is 11.0 Å². The standard InChI is InChI=1S/C23H33N3O3/c1-16(2)8-10-26-18(4)11-20(19(26)5)12-21(13-24)23(28)29-15-22(27)25-9-6-7-17(3)14-25/h11-12,16-17H,6-10,14-15H2,1-5H3/b21-12+/t17-/m1/s1. The highest BCUT2D eigenvalue weighted by atomic mass is 16.5. The van der Waals surface area contributed by atoms with Gasteiger partial charge in [-0.25, -0.2) is 4.79 Å². The SMILES string of the molecule is Cc1cc(/C=C(\C#N)C(=O)OCC(=O)N2CCC[C@@H](C)C2)c(C)n1CCC(C)C. The summed E-state index contributed by atoms with van der Waals surface area (Å²) >= 11 is 0. The van der Waals surface area contributed by atoms with Crippen LogP contribution in [0.25, 0.3) is 6.08 Å². The largest absolute Gasteiger partial charge is 0.451 e. The number of esters is 1. The molecule has 29 heavy (non-hydrogen) atoms. The Labute approximate surface area is 174 Å². The van der Waals surface area contributed by atoms with Crippen LogP contribution in [0, 0.1) is 37.0 Å². The lowest BCUT2D eigenvalue weighted by Gasteiger charge is -2.30. The first kappa shape index (κ1) is 22.7. The second-order valence-electron chi connectivity index (χ2n) is 8.49. The van der Waals surface area contributed by atoms with Gasteiger partial charge in [0, 0.05) is 31.0 Å². The van der Waals surface area contributed by atoms with Gasteiger partial charge in [0.1, 0.15) is 11.6 Å². The van der Waals surface area contributed by atoms with E-state index in [1.807, 2.05) is 26.0 Å². The van der Waals surface area contributed by atoms with E-state index in [1.165, 1.54) is 0 Å². The third-order valence-electron chi connectivity index (χ3n) is 5.52. The molecule has 1 fully saturated rings. The van der Waals surface area contributed by atoms with Gasteiger partial charge < -0.3 is 14.2 Å². The van der Waals surface area contributed by atoms with E-state index in [9.17, 15) is 14.9 Å². The van der Waals surface area contributed by atoms with Crippen LogP contribution in [0.15, 0.2) is 11.6 Å². The summed E-state index contributed by atoms with van der Waals surface area (Å²) in [6, 6.07) is 3.89. The molecule has 6 nitrogen and oxygen atoms in total. The molecule has 0 bridgehead atoms. The molecule has 0 aliphatic carbocycles. The molecular formula is C23H33N3O3. The number of amides is 1. The van der Waals surface area contributed by atoms with Crippen molar-refractivity contribution in [2.75, 3.05) is 19.7 Å². The summed E-state index contributed by atoms with van der Waals surface area (Å²) < 4.78 is 7.35. The number of rotatable bonds is 7. The molecule has 1 aromatic rings. The van der Waals surface area contributed by atoms with Crippen molar-refractivity contribution >= 4 is 18.0 Å². The number of aryl methyl sites for hydroxylation is 1. The van der Waals surface area contributed by atoms with Gasteiger partial charge in [-0.1, -0.05) is 20.8 Å². The van der Waals surface area contributed by atoms with Crippen LogP contribution >= 0.6 is 0 Å². The van der Waals surface area contributed by atoms with Crippen LogP contribution in [-0.4, -0.2) is 41.0 Å². The first-order valence-corrected chi connectivity index (χ1v) is 10.5. The second-order valence-corrected chi connectivity index (χ2v) is 8.49. The van der Waals surface area contributed by atoms with E-state index in [0.717, 1.165) is 42.8 Å². The Morgan fingerprint density at radius 1 is 1.38 bits per heavy atom. The van der Waals surface area contributed by atoms with Crippen molar-refractivity contribution in [2.45, 2.75) is 60.4 Å². The molecule has 1 atom stereocenters. The molecule has 2 heterocycles. The molecule has 0 N–H and O–H groups in total. The number of aromatic nitrogens is 1. The predicted molar refractivity (Wildman–Crippen MR) is 113 cm³/mol. The number of likely N-dealkylation sites (tertiary alicyclic amines) is 1. The van der Waals surface area contributed by atoms with Crippen LogP contribution in [0.5, 0.6) is 0 Å². The van der Waals surface area contributed by atoms with Gasteiger partial charge in [0.25, 0.3) is 5.91 Å². The molecule has 2 rings (SSSR count). The summed E-state index contributed by atoms with van der Waals surface area (Å²) in [5.74, 6) is 0.108. The number of nitrogens with zero attached hydrogens (tertiary/aromatic N) is 3. The van der Waals surface area contributed by atoms with Crippen molar-refractivity contribution < 1.29 is 14.3 Å². The Morgan fingerprint density at radius 2 is 2.10 bits per heavy atom. The number of carbonyl (C=O) groups excluding carboxylic acids is 2. The minimum Gasteiger partial charge on any atom is -0.451 e. The van der Waals surface area contributed by atoms with Gasteiger partial charge in [-0.2, -0.15) is 5.26 Å². The zero-order chi connectivity index (χ0) is 21.6. The number of piperidine rings is 1. The van der Waals surface area contributed by atoms with Crippen molar-refractivity contribution in [3.8, 4) is 6.07 Å². The third-order valence-corrected chi connectivity index (χ3v) is 5.52. The maximum absolute atomic E-state index is 12.4. The van der Waals surface area contributed by atoms with Gasteiger partial charge in [-0.15, -0.1) is 0 Å². The lowest BCUT2D eigenvalue weighted by atomic mass is 10.0. The molecule has 1 aromatic heterocycles. The zero-order valence-corrected chi connectivity index (χ0v) is 18.3. The highest BCUT2D eigenvalue weighted by Gasteiger charge is 2.22. The Bertz CT molecular complexity index is 814. The topological polar surface area (TPSA) is 75.3 Å². The van der Waals surface area contributed by atoms with Gasteiger partial charge in [-0.05, 0) is 62.7 Å². The lowest BCUT2D eigenvalue weighted by Crippen LogP contribution is -2.41. The molecule has 0 spiro atoms. The summed E-state index contributed by atoms with van der Waals surface area (Å²) in [4.78, 5) is 26.4. The normalized spacial score (nSPS) is 17.3. The molecule has 0 saturated carbocycles. The van der Waals surface area contributed by atoms with Crippen molar-refractivity contribution in [2.24, 2.45) is 11.8 Å². The quantitative estimate of drug-likeness (QED) is 0.396. The summed E-state index contributed by atoms with van der Waals surface area (Å²) in [5.41, 5.74) is 2.85. The smallest absolute Gasteiger partial charge is 0.349 e. The molecule has 0 unspecified atom stereocenters. The summed E-state index contributed by atoms with van der Waals surface area (Å²) in [6.07, 6.45) is 4.70. The Kier molecular flexibility index (Phi) is 8.07. The van der Waals surface area contributed by atoms with E-state index in [-0.39, 0.29) is 18.1 Å². The van der Waals surface area contributed by atoms with E-state index >= 15 is 0 Å². The maximum atomic E-state index is 12.4. The van der Waals surface area contributed by atoms with E-state index in [4.69, 9.17) is 4.74 Å². The maximum Gasteiger partial charge on any atom is 0.349 e. The molecule has 1 aliphatic rings. The van der Waals surface area contributed by atoms with Crippen LogP contribution in [0.3, 0.4) is 0 Å². The third kappa shape index (κ3) is 6.22. The fourth-order valence-electron chi connectivity index (χ4n) is 3.71. The minimum absolute atomic E-state index is 0.0890. The Balaban J connectivity index is 2.04. The summed E-state index contributed by atoms with van der Waals surface area (Å²) in [7, 11) is 0. The van der Waals surface area contributed by atoms with E-state index in [2.05, 4.69) is 25.3 Å². The van der Waals surface area contributed by atoms with Crippen molar-refractivity contribution in [1.29, 1.82) is 5.26 Å².